The van der Waals surface area contributed by atoms with E-state index >= 15 is 0 Å². The second kappa shape index (κ2) is 8.08. The van der Waals surface area contributed by atoms with Gasteiger partial charge in [-0.2, -0.15) is 0 Å². The lowest BCUT2D eigenvalue weighted by Gasteiger charge is -2.13. The molecule has 2 N–H and O–H groups in total. The van der Waals surface area contributed by atoms with Crippen LogP contribution in [0.5, 0.6) is 0 Å². The molecule has 2 aromatic rings. The summed E-state index contributed by atoms with van der Waals surface area (Å²) in [5.41, 5.74) is 0.552. The molecule has 0 radical (unpaired) electrons. The van der Waals surface area contributed by atoms with Crippen molar-refractivity contribution < 1.29 is 13.2 Å². The average Bonchev–Trinajstić information content (AvgIpc) is 2.54. The van der Waals surface area contributed by atoms with Crippen LogP contribution >= 0.6 is 23.2 Å². The molecule has 0 unspecified atom stereocenters. The summed E-state index contributed by atoms with van der Waals surface area (Å²) in [6, 6.07) is 10.2. The Labute approximate surface area is 157 Å². The summed E-state index contributed by atoms with van der Waals surface area (Å²) in [7, 11) is -3.77. The van der Waals surface area contributed by atoms with Gasteiger partial charge in [0.1, 0.15) is 0 Å². The Morgan fingerprint density at radius 3 is 2.32 bits per heavy atom. The molecule has 0 fully saturated rings. The van der Waals surface area contributed by atoms with Crippen LogP contribution in [0.1, 0.15) is 30.6 Å². The van der Waals surface area contributed by atoms with Gasteiger partial charge in [-0.25, -0.2) is 8.42 Å². The molecule has 1 amide bonds. The van der Waals surface area contributed by atoms with Crippen molar-refractivity contribution in [3.05, 3.63) is 58.1 Å². The highest BCUT2D eigenvalue weighted by Crippen LogP contribution is 2.24. The van der Waals surface area contributed by atoms with E-state index in [4.69, 9.17) is 23.2 Å². The summed E-state index contributed by atoms with van der Waals surface area (Å²) in [6.45, 7) is 3.85. The second-order valence-electron chi connectivity index (χ2n) is 5.54. The van der Waals surface area contributed by atoms with Gasteiger partial charge in [-0.15, -0.1) is 0 Å². The fraction of sp³-hybridized carbons (Fsp3) is 0.235. The van der Waals surface area contributed by atoms with Gasteiger partial charge in [-0.05, 0) is 55.8 Å². The molecule has 2 rings (SSSR count). The van der Waals surface area contributed by atoms with Crippen LogP contribution in [0.25, 0.3) is 0 Å². The minimum Gasteiger partial charge on any atom is -0.350 e. The van der Waals surface area contributed by atoms with Gasteiger partial charge in [0.25, 0.3) is 15.9 Å². The van der Waals surface area contributed by atoms with Crippen molar-refractivity contribution in [3.8, 4) is 0 Å². The van der Waals surface area contributed by atoms with Gasteiger partial charge < -0.3 is 5.32 Å². The minimum absolute atomic E-state index is 0.0200. The zero-order valence-corrected chi connectivity index (χ0v) is 16.0. The Morgan fingerprint density at radius 1 is 1.12 bits per heavy atom. The fourth-order valence-corrected chi connectivity index (χ4v) is 3.44. The highest BCUT2D eigenvalue weighted by atomic mass is 35.5. The normalized spacial score (nSPS) is 12.5. The number of amides is 1. The van der Waals surface area contributed by atoms with Crippen LogP contribution in [0.4, 0.5) is 5.69 Å². The van der Waals surface area contributed by atoms with E-state index in [1.165, 1.54) is 42.5 Å². The predicted molar refractivity (Wildman–Crippen MR) is 101 cm³/mol. The van der Waals surface area contributed by atoms with Crippen molar-refractivity contribution in [1.29, 1.82) is 0 Å². The lowest BCUT2D eigenvalue weighted by Crippen LogP contribution is -2.32. The number of sulfonamides is 1. The summed E-state index contributed by atoms with van der Waals surface area (Å²) >= 11 is 11.9. The lowest BCUT2D eigenvalue weighted by atomic mass is 10.1. The van der Waals surface area contributed by atoms with Gasteiger partial charge in [-0.3, -0.25) is 9.52 Å². The van der Waals surface area contributed by atoms with Gasteiger partial charge in [-0.1, -0.05) is 30.1 Å². The van der Waals surface area contributed by atoms with Gasteiger partial charge in [0.15, 0.2) is 0 Å². The van der Waals surface area contributed by atoms with Crippen LogP contribution < -0.4 is 10.0 Å². The fourth-order valence-electron chi connectivity index (χ4n) is 1.99. The number of hydrogen-bond donors (Lipinski definition) is 2. The van der Waals surface area contributed by atoms with Crippen LogP contribution in [0.3, 0.4) is 0 Å². The van der Waals surface area contributed by atoms with Crippen molar-refractivity contribution in [3.63, 3.8) is 0 Å². The third-order valence-electron chi connectivity index (χ3n) is 3.58. The molecule has 0 bridgehead atoms. The van der Waals surface area contributed by atoms with Gasteiger partial charge >= 0.3 is 0 Å². The van der Waals surface area contributed by atoms with E-state index in [9.17, 15) is 13.2 Å². The molecule has 0 aromatic heterocycles. The number of carbonyl (C=O) groups excluding carboxylic acids is 1. The van der Waals surface area contributed by atoms with E-state index < -0.39 is 10.0 Å². The number of halogens is 2. The third kappa shape index (κ3) is 5.11. The van der Waals surface area contributed by atoms with Crippen LogP contribution in [-0.4, -0.2) is 20.4 Å². The molecule has 0 aliphatic rings. The maximum absolute atomic E-state index is 12.4. The van der Waals surface area contributed by atoms with Crippen molar-refractivity contribution in [1.82, 2.24) is 5.32 Å². The molecule has 8 heteroatoms. The van der Waals surface area contributed by atoms with Crippen molar-refractivity contribution in [2.75, 3.05) is 4.72 Å². The molecular formula is C17H18Cl2N2O3S. The highest BCUT2D eigenvalue weighted by Gasteiger charge is 2.17. The lowest BCUT2D eigenvalue weighted by molar-refractivity contribution is 0.0939. The van der Waals surface area contributed by atoms with Crippen molar-refractivity contribution in [2.24, 2.45) is 0 Å². The first-order valence-electron chi connectivity index (χ1n) is 7.61. The first kappa shape index (κ1) is 19.6. The number of carbonyl (C=O) groups is 1. The molecule has 1 atom stereocenters. The SMILES string of the molecule is CC[C@@H](C)NC(=O)c1ccc(NS(=O)(=O)c2ccc(Cl)cc2)cc1Cl. The Balaban J connectivity index is 2.20. The zero-order valence-electron chi connectivity index (χ0n) is 13.7. The number of anilines is 1. The predicted octanol–water partition coefficient (Wildman–Crippen LogP) is 4.32. The van der Waals surface area contributed by atoms with Crippen molar-refractivity contribution >= 4 is 44.8 Å². The highest BCUT2D eigenvalue weighted by molar-refractivity contribution is 7.92. The maximum Gasteiger partial charge on any atom is 0.261 e. The van der Waals surface area contributed by atoms with Crippen LogP contribution in [0, 0.1) is 0 Å². The number of benzene rings is 2. The molecule has 25 heavy (non-hydrogen) atoms. The standard InChI is InChI=1S/C17H18Cl2N2O3S/c1-3-11(2)20-17(22)15-9-6-13(10-16(15)19)21-25(23,24)14-7-4-12(18)5-8-14/h4-11,21H,3H2,1-2H3,(H,20,22)/t11-/m1/s1. The maximum atomic E-state index is 12.4. The molecule has 0 spiro atoms. The van der Waals surface area contributed by atoms with Crippen LogP contribution in [-0.2, 0) is 10.0 Å². The third-order valence-corrected chi connectivity index (χ3v) is 5.54. The van der Waals surface area contributed by atoms with E-state index in [0.29, 0.717) is 5.02 Å². The Hall–Kier alpha value is -1.76. The molecule has 0 saturated carbocycles. The minimum atomic E-state index is -3.77. The van der Waals surface area contributed by atoms with Gasteiger partial charge in [0, 0.05) is 11.1 Å². The van der Waals surface area contributed by atoms with E-state index in [2.05, 4.69) is 10.0 Å². The molecular weight excluding hydrogens is 383 g/mol. The smallest absolute Gasteiger partial charge is 0.261 e. The summed E-state index contributed by atoms with van der Waals surface area (Å²) in [5, 5.41) is 3.42. The quantitative estimate of drug-likeness (QED) is 0.757. The van der Waals surface area contributed by atoms with Crippen molar-refractivity contribution in [2.45, 2.75) is 31.2 Å². The molecule has 2 aromatic carbocycles. The monoisotopic (exact) mass is 400 g/mol. The van der Waals surface area contributed by atoms with E-state index in [-0.39, 0.29) is 33.1 Å². The summed E-state index contributed by atoms with van der Waals surface area (Å²) < 4.78 is 27.1. The number of rotatable bonds is 6. The zero-order chi connectivity index (χ0) is 18.6. The first-order valence-corrected chi connectivity index (χ1v) is 9.85. The Kier molecular flexibility index (Phi) is 6.32. The molecule has 0 saturated heterocycles. The van der Waals surface area contributed by atoms with Crippen LogP contribution in [0.2, 0.25) is 10.0 Å². The second-order valence-corrected chi connectivity index (χ2v) is 8.06. The molecule has 0 heterocycles. The topological polar surface area (TPSA) is 75.3 Å². The van der Waals surface area contributed by atoms with E-state index in [1.807, 2.05) is 13.8 Å². The summed E-state index contributed by atoms with van der Waals surface area (Å²) in [5.74, 6) is -0.300. The summed E-state index contributed by atoms with van der Waals surface area (Å²) in [6.07, 6.45) is 0.794. The Morgan fingerprint density at radius 2 is 1.76 bits per heavy atom. The van der Waals surface area contributed by atoms with Crippen LogP contribution in [0.15, 0.2) is 47.4 Å². The van der Waals surface area contributed by atoms with Gasteiger partial charge in [0.2, 0.25) is 0 Å². The summed E-state index contributed by atoms with van der Waals surface area (Å²) in [4.78, 5) is 12.2. The van der Waals surface area contributed by atoms with E-state index in [1.54, 1.807) is 0 Å². The molecule has 134 valence electrons. The average molecular weight is 401 g/mol. The number of hydrogen-bond acceptors (Lipinski definition) is 3. The molecule has 0 aliphatic carbocycles. The first-order chi connectivity index (χ1) is 11.7. The van der Waals surface area contributed by atoms with E-state index in [0.717, 1.165) is 6.42 Å². The molecule has 0 aliphatic heterocycles. The van der Waals surface area contributed by atoms with Gasteiger partial charge in [0.05, 0.1) is 21.2 Å². The molecule has 5 nitrogen and oxygen atoms in total. The largest absolute Gasteiger partial charge is 0.350 e. The number of nitrogens with one attached hydrogen (secondary N) is 2. The Bertz CT molecular complexity index is 868.